The summed E-state index contributed by atoms with van der Waals surface area (Å²) in [5.41, 5.74) is 0.504. The quantitative estimate of drug-likeness (QED) is 0.875. The number of carbonyl (C=O) groups excluding carboxylic acids is 2. The number of aliphatic imine (C=N–C) groups is 1. The molecule has 1 heterocycles. The van der Waals surface area contributed by atoms with Gasteiger partial charge in [-0.05, 0) is 30.7 Å². The number of hydrogen-bond donors (Lipinski definition) is 2. The van der Waals surface area contributed by atoms with Crippen LogP contribution in [0, 0.1) is 5.82 Å². The number of nitrogens with one attached hydrogen (secondary N) is 2. The van der Waals surface area contributed by atoms with Gasteiger partial charge in [-0.15, -0.1) is 0 Å². The first-order chi connectivity index (χ1) is 10.1. The van der Waals surface area contributed by atoms with Crippen LogP contribution in [0.15, 0.2) is 29.3 Å². The van der Waals surface area contributed by atoms with Gasteiger partial charge in [0.05, 0.1) is 0 Å². The van der Waals surface area contributed by atoms with Crippen LogP contribution in [0.2, 0.25) is 0 Å². The molecule has 0 unspecified atom stereocenters. The van der Waals surface area contributed by atoms with Crippen LogP contribution in [0.5, 0.6) is 0 Å². The molecule has 0 radical (unpaired) electrons. The second kappa shape index (κ2) is 7.21. The molecule has 0 bridgehead atoms. The molecule has 1 atom stereocenters. The standard InChI is InChI=1S/C14H16FN3O2S/c1-2-7-16-14-18-13(20)11(21-14)8-12(19)17-10-5-3-9(15)4-6-10/h3-6,11H,2,7-8H2,1H3,(H,17,19)(H,16,18,20)/t11-/m1/s1. The number of halogens is 1. The molecule has 112 valence electrons. The molecule has 0 aliphatic carbocycles. The first kappa shape index (κ1) is 15.5. The van der Waals surface area contributed by atoms with Gasteiger partial charge in [-0.2, -0.15) is 0 Å². The molecular weight excluding hydrogens is 293 g/mol. The molecule has 5 nitrogen and oxygen atoms in total. The molecule has 0 aromatic heterocycles. The topological polar surface area (TPSA) is 70.6 Å². The molecule has 7 heteroatoms. The second-order valence-corrected chi connectivity index (χ2v) is 5.73. The van der Waals surface area contributed by atoms with Gasteiger partial charge in [-0.25, -0.2) is 4.39 Å². The maximum atomic E-state index is 12.8. The zero-order chi connectivity index (χ0) is 15.2. The number of amides is 2. The summed E-state index contributed by atoms with van der Waals surface area (Å²) in [6.45, 7) is 2.65. The Hall–Kier alpha value is -1.89. The van der Waals surface area contributed by atoms with Gasteiger partial charge >= 0.3 is 0 Å². The van der Waals surface area contributed by atoms with Crippen LogP contribution >= 0.6 is 11.8 Å². The first-order valence-corrected chi connectivity index (χ1v) is 7.54. The Labute approximate surface area is 126 Å². The lowest BCUT2D eigenvalue weighted by Gasteiger charge is -2.07. The predicted octanol–water partition coefficient (Wildman–Crippen LogP) is 2.15. The second-order valence-electron chi connectivity index (χ2n) is 4.54. The highest BCUT2D eigenvalue weighted by Crippen LogP contribution is 2.23. The number of nitrogens with zero attached hydrogens (tertiary/aromatic N) is 1. The third kappa shape index (κ3) is 4.56. The fourth-order valence-electron chi connectivity index (χ4n) is 1.74. The molecule has 2 N–H and O–H groups in total. The van der Waals surface area contributed by atoms with E-state index in [-0.39, 0.29) is 24.1 Å². The molecule has 1 aliphatic heterocycles. The molecule has 1 fully saturated rings. The van der Waals surface area contributed by atoms with Crippen molar-refractivity contribution < 1.29 is 14.0 Å². The number of anilines is 1. The molecule has 2 amide bonds. The highest BCUT2D eigenvalue weighted by molar-refractivity contribution is 8.15. The highest BCUT2D eigenvalue weighted by atomic mass is 32.2. The average Bonchev–Trinajstić information content (AvgIpc) is 2.79. The molecule has 0 spiro atoms. The van der Waals surface area contributed by atoms with Crippen LogP contribution < -0.4 is 10.6 Å². The third-order valence-corrected chi connectivity index (χ3v) is 3.87. The van der Waals surface area contributed by atoms with Crippen molar-refractivity contribution in [2.75, 3.05) is 11.9 Å². The summed E-state index contributed by atoms with van der Waals surface area (Å²) in [5, 5.41) is 5.40. The fourth-order valence-corrected chi connectivity index (χ4v) is 2.74. The van der Waals surface area contributed by atoms with Crippen molar-refractivity contribution in [3.05, 3.63) is 30.1 Å². The van der Waals surface area contributed by atoms with Crippen LogP contribution in [-0.2, 0) is 9.59 Å². The minimum Gasteiger partial charge on any atom is -0.326 e. The van der Waals surface area contributed by atoms with E-state index in [2.05, 4.69) is 15.6 Å². The molecule has 1 aromatic carbocycles. The normalized spacial score (nSPS) is 19.6. The molecule has 21 heavy (non-hydrogen) atoms. The zero-order valence-corrected chi connectivity index (χ0v) is 12.4. The van der Waals surface area contributed by atoms with Gasteiger partial charge in [0.2, 0.25) is 11.8 Å². The van der Waals surface area contributed by atoms with Crippen LogP contribution in [0.3, 0.4) is 0 Å². The monoisotopic (exact) mass is 309 g/mol. The summed E-state index contributed by atoms with van der Waals surface area (Å²) < 4.78 is 12.8. The van der Waals surface area contributed by atoms with E-state index in [0.717, 1.165) is 6.42 Å². The van der Waals surface area contributed by atoms with E-state index in [0.29, 0.717) is 17.4 Å². The Kier molecular flexibility index (Phi) is 5.32. The lowest BCUT2D eigenvalue weighted by molar-refractivity contribution is -0.122. The van der Waals surface area contributed by atoms with E-state index in [1.54, 1.807) is 0 Å². The van der Waals surface area contributed by atoms with E-state index in [4.69, 9.17) is 0 Å². The van der Waals surface area contributed by atoms with E-state index in [1.807, 2.05) is 6.92 Å². The first-order valence-electron chi connectivity index (χ1n) is 6.66. The molecular formula is C14H16FN3O2S. The summed E-state index contributed by atoms with van der Waals surface area (Å²) >= 11 is 1.27. The van der Waals surface area contributed by atoms with E-state index >= 15 is 0 Å². The largest absolute Gasteiger partial charge is 0.326 e. The summed E-state index contributed by atoms with van der Waals surface area (Å²) in [5.74, 6) is -0.856. The van der Waals surface area contributed by atoms with Crippen molar-refractivity contribution in [1.82, 2.24) is 5.32 Å². The van der Waals surface area contributed by atoms with Crippen LogP contribution in [0.1, 0.15) is 19.8 Å². The summed E-state index contributed by atoms with van der Waals surface area (Å²) in [7, 11) is 0. The van der Waals surface area contributed by atoms with Gasteiger partial charge in [0.1, 0.15) is 11.1 Å². The van der Waals surface area contributed by atoms with E-state index in [1.165, 1.54) is 36.0 Å². The fraction of sp³-hybridized carbons (Fsp3) is 0.357. The molecule has 1 aliphatic rings. The lowest BCUT2D eigenvalue weighted by Crippen LogP contribution is -2.28. The Morgan fingerprint density at radius 2 is 2.14 bits per heavy atom. The molecule has 0 saturated carbocycles. The van der Waals surface area contributed by atoms with Crippen molar-refractivity contribution in [2.45, 2.75) is 25.0 Å². The number of rotatable bonds is 5. The number of benzene rings is 1. The Morgan fingerprint density at radius 1 is 1.43 bits per heavy atom. The summed E-state index contributed by atoms with van der Waals surface area (Å²) in [6.07, 6.45) is 0.953. The van der Waals surface area contributed by atoms with Gasteiger partial charge in [0.15, 0.2) is 5.17 Å². The minimum absolute atomic E-state index is 0.0546. The smallest absolute Gasteiger partial charge is 0.240 e. The van der Waals surface area contributed by atoms with Crippen LogP contribution in [0.25, 0.3) is 0 Å². The van der Waals surface area contributed by atoms with Gasteiger partial charge < -0.3 is 10.6 Å². The van der Waals surface area contributed by atoms with Crippen molar-refractivity contribution >= 4 is 34.4 Å². The summed E-state index contributed by atoms with van der Waals surface area (Å²) in [6, 6.07) is 5.48. The lowest BCUT2D eigenvalue weighted by atomic mass is 10.2. The minimum atomic E-state index is -0.471. The Bertz CT molecular complexity index is 560. The number of thioether (sulfide) groups is 1. The van der Waals surface area contributed by atoms with Gasteiger partial charge in [0.25, 0.3) is 0 Å². The maximum absolute atomic E-state index is 12.8. The number of hydrogen-bond acceptors (Lipinski definition) is 4. The molecule has 1 saturated heterocycles. The third-order valence-electron chi connectivity index (χ3n) is 2.75. The number of amidine groups is 1. The molecule has 1 aromatic rings. The predicted molar refractivity (Wildman–Crippen MR) is 81.8 cm³/mol. The van der Waals surface area contributed by atoms with Crippen molar-refractivity contribution in [3.63, 3.8) is 0 Å². The maximum Gasteiger partial charge on any atom is 0.240 e. The molecule has 2 rings (SSSR count). The highest BCUT2D eigenvalue weighted by Gasteiger charge is 2.31. The number of carbonyl (C=O) groups is 2. The van der Waals surface area contributed by atoms with Gasteiger partial charge in [0, 0.05) is 18.7 Å². The van der Waals surface area contributed by atoms with Crippen LogP contribution in [0.4, 0.5) is 10.1 Å². The van der Waals surface area contributed by atoms with Crippen molar-refractivity contribution in [2.24, 2.45) is 4.99 Å². The zero-order valence-electron chi connectivity index (χ0n) is 11.6. The van der Waals surface area contributed by atoms with E-state index < -0.39 is 5.25 Å². The Morgan fingerprint density at radius 3 is 2.81 bits per heavy atom. The van der Waals surface area contributed by atoms with E-state index in [9.17, 15) is 14.0 Å². The SMILES string of the molecule is CCCN=C1NC(=O)[C@@H](CC(=O)Nc2ccc(F)cc2)S1. The van der Waals surface area contributed by atoms with Crippen molar-refractivity contribution in [1.29, 1.82) is 0 Å². The Balaban J connectivity index is 1.88. The van der Waals surface area contributed by atoms with Crippen LogP contribution in [-0.4, -0.2) is 28.8 Å². The summed E-state index contributed by atoms with van der Waals surface area (Å²) in [4.78, 5) is 27.8. The van der Waals surface area contributed by atoms with Gasteiger partial charge in [-0.1, -0.05) is 18.7 Å². The average molecular weight is 309 g/mol. The van der Waals surface area contributed by atoms with Crippen molar-refractivity contribution in [3.8, 4) is 0 Å². The van der Waals surface area contributed by atoms with Gasteiger partial charge in [-0.3, -0.25) is 14.6 Å².